The Kier molecular flexibility index (Phi) is 5.34. The van der Waals surface area contributed by atoms with Crippen LogP contribution in [0.2, 0.25) is 0 Å². The van der Waals surface area contributed by atoms with Crippen LogP contribution < -0.4 is 5.32 Å². The number of benzene rings is 1. The molecule has 1 aliphatic heterocycles. The molecule has 1 aliphatic rings. The van der Waals surface area contributed by atoms with E-state index < -0.39 is 5.97 Å². The summed E-state index contributed by atoms with van der Waals surface area (Å²) in [5.74, 6) is 1.47. The average molecular weight is 361 g/mol. The summed E-state index contributed by atoms with van der Waals surface area (Å²) in [6.45, 7) is 5.68. The number of thioether (sulfide) groups is 1. The number of esters is 1. The third-order valence-electron chi connectivity index (χ3n) is 4.56. The quantitative estimate of drug-likeness (QED) is 0.819. The number of hydrogen-bond donors (Lipinski definition) is 2. The second-order valence-corrected chi connectivity index (χ2v) is 7.45. The lowest BCUT2D eigenvalue weighted by Gasteiger charge is -2.31. The number of nitrogens with zero attached hydrogens (tertiary/aromatic N) is 1. The summed E-state index contributed by atoms with van der Waals surface area (Å²) in [6.07, 6.45) is 0. The highest BCUT2D eigenvalue weighted by atomic mass is 32.2. The third kappa shape index (κ3) is 3.67. The van der Waals surface area contributed by atoms with Crippen LogP contribution in [0.15, 0.2) is 18.2 Å². The second-order valence-electron chi connectivity index (χ2n) is 6.23. The number of aromatic nitrogens is 1. The lowest BCUT2D eigenvalue weighted by Crippen LogP contribution is -2.46. The lowest BCUT2D eigenvalue weighted by atomic mass is 10.1. The summed E-state index contributed by atoms with van der Waals surface area (Å²) in [5, 5.41) is 3.77. The van der Waals surface area contributed by atoms with Crippen molar-refractivity contribution in [1.82, 2.24) is 9.88 Å². The Morgan fingerprint density at radius 2 is 2.04 bits per heavy atom. The number of nitrogens with one attached hydrogen (secondary N) is 2. The summed E-state index contributed by atoms with van der Waals surface area (Å²) >= 11 is 1.91. The van der Waals surface area contributed by atoms with Crippen molar-refractivity contribution in [2.45, 2.75) is 19.9 Å². The molecule has 0 saturated carbocycles. The van der Waals surface area contributed by atoms with Gasteiger partial charge in [0, 0.05) is 35.5 Å². The van der Waals surface area contributed by atoms with Gasteiger partial charge in [0.1, 0.15) is 5.69 Å². The maximum absolute atomic E-state index is 12.8. The molecule has 2 N–H and O–H groups in total. The Labute approximate surface area is 151 Å². The van der Waals surface area contributed by atoms with Gasteiger partial charge in [0.15, 0.2) is 0 Å². The van der Waals surface area contributed by atoms with Crippen LogP contribution in [-0.4, -0.2) is 59.5 Å². The van der Waals surface area contributed by atoms with E-state index in [1.54, 1.807) is 0 Å². The van der Waals surface area contributed by atoms with Gasteiger partial charge in [0.2, 0.25) is 5.91 Å². The number of H-pyrrole nitrogens is 1. The van der Waals surface area contributed by atoms with E-state index in [1.807, 2.05) is 43.8 Å². The minimum Gasteiger partial charge on any atom is -0.464 e. The van der Waals surface area contributed by atoms with Crippen LogP contribution in [0.25, 0.3) is 10.9 Å². The van der Waals surface area contributed by atoms with Gasteiger partial charge in [-0.05, 0) is 26.0 Å². The van der Waals surface area contributed by atoms with Gasteiger partial charge in [-0.3, -0.25) is 9.69 Å². The number of carbonyl (C=O) groups is 2. The Bertz CT molecular complexity index is 796. The summed E-state index contributed by atoms with van der Waals surface area (Å²) < 4.78 is 4.86. The molecule has 1 aromatic heterocycles. The van der Waals surface area contributed by atoms with E-state index in [9.17, 15) is 9.59 Å². The molecule has 1 atom stereocenters. The number of aryl methyl sites for hydroxylation is 1. The summed E-state index contributed by atoms with van der Waals surface area (Å²) in [7, 11) is 1.33. The predicted molar refractivity (Wildman–Crippen MR) is 101 cm³/mol. The molecule has 0 radical (unpaired) electrons. The molecule has 25 heavy (non-hydrogen) atoms. The largest absolute Gasteiger partial charge is 0.464 e. The van der Waals surface area contributed by atoms with Crippen molar-refractivity contribution in [2.24, 2.45) is 0 Å². The van der Waals surface area contributed by atoms with Crippen LogP contribution in [0.4, 0.5) is 5.69 Å². The number of anilines is 1. The molecule has 1 unspecified atom stereocenters. The van der Waals surface area contributed by atoms with Crippen LogP contribution in [0, 0.1) is 6.92 Å². The fourth-order valence-corrected chi connectivity index (χ4v) is 3.98. The van der Waals surface area contributed by atoms with Gasteiger partial charge in [-0.15, -0.1) is 0 Å². The fraction of sp³-hybridized carbons (Fsp3) is 0.444. The van der Waals surface area contributed by atoms with Crippen LogP contribution in [-0.2, 0) is 9.53 Å². The Morgan fingerprint density at radius 3 is 2.72 bits per heavy atom. The molecular formula is C18H23N3O3S. The lowest BCUT2D eigenvalue weighted by molar-refractivity contribution is -0.120. The minimum absolute atomic E-state index is 0.112. The first-order valence-corrected chi connectivity index (χ1v) is 9.50. The molecule has 0 aliphatic carbocycles. The highest BCUT2D eigenvalue weighted by Crippen LogP contribution is 2.29. The van der Waals surface area contributed by atoms with Crippen LogP contribution in [0.3, 0.4) is 0 Å². The number of amides is 1. The summed E-state index contributed by atoms with van der Waals surface area (Å²) in [4.78, 5) is 30.1. The number of carbonyl (C=O) groups excluding carboxylic acids is 2. The molecule has 7 heteroatoms. The van der Waals surface area contributed by atoms with Gasteiger partial charge in [0.05, 0.1) is 18.8 Å². The van der Waals surface area contributed by atoms with E-state index in [-0.39, 0.29) is 17.6 Å². The Morgan fingerprint density at radius 1 is 1.32 bits per heavy atom. The molecule has 1 amide bonds. The van der Waals surface area contributed by atoms with Crippen molar-refractivity contribution >= 4 is 40.2 Å². The van der Waals surface area contributed by atoms with Gasteiger partial charge >= 0.3 is 5.97 Å². The third-order valence-corrected chi connectivity index (χ3v) is 5.51. The number of ether oxygens (including phenoxy) is 1. The summed E-state index contributed by atoms with van der Waals surface area (Å²) in [5.41, 5.74) is 2.62. The molecule has 1 saturated heterocycles. The first-order chi connectivity index (χ1) is 12.0. The molecule has 1 aromatic carbocycles. The van der Waals surface area contributed by atoms with Crippen LogP contribution >= 0.6 is 11.8 Å². The van der Waals surface area contributed by atoms with E-state index in [2.05, 4.69) is 15.2 Å². The van der Waals surface area contributed by atoms with Gasteiger partial charge in [-0.1, -0.05) is 11.6 Å². The first kappa shape index (κ1) is 17.8. The molecule has 2 aromatic rings. The average Bonchev–Trinajstić information content (AvgIpc) is 2.98. The Balaban J connectivity index is 1.91. The predicted octanol–water partition coefficient (Wildman–Crippen LogP) is 2.64. The molecule has 0 spiro atoms. The van der Waals surface area contributed by atoms with Crippen LogP contribution in [0.5, 0.6) is 0 Å². The molecule has 0 bridgehead atoms. The fourth-order valence-electron chi connectivity index (χ4n) is 3.05. The van der Waals surface area contributed by atoms with Crippen molar-refractivity contribution < 1.29 is 14.3 Å². The first-order valence-electron chi connectivity index (χ1n) is 8.34. The maximum Gasteiger partial charge on any atom is 0.356 e. The van der Waals surface area contributed by atoms with Crippen molar-refractivity contribution in [3.05, 3.63) is 29.5 Å². The molecule has 1 fully saturated rings. The maximum atomic E-state index is 12.8. The van der Waals surface area contributed by atoms with Gasteiger partial charge in [0.25, 0.3) is 0 Å². The van der Waals surface area contributed by atoms with Gasteiger partial charge in [-0.25, -0.2) is 4.79 Å². The van der Waals surface area contributed by atoms with Gasteiger partial charge < -0.3 is 15.0 Å². The smallest absolute Gasteiger partial charge is 0.356 e. The van der Waals surface area contributed by atoms with E-state index in [1.165, 1.54) is 7.11 Å². The van der Waals surface area contributed by atoms with E-state index in [4.69, 9.17) is 4.74 Å². The molecule has 6 nitrogen and oxygen atoms in total. The zero-order valence-electron chi connectivity index (χ0n) is 14.7. The van der Waals surface area contributed by atoms with Gasteiger partial charge in [-0.2, -0.15) is 11.8 Å². The highest BCUT2D eigenvalue weighted by Gasteiger charge is 2.26. The molecule has 2 heterocycles. The number of rotatable bonds is 4. The Hall–Kier alpha value is -1.99. The number of methoxy groups -OCH3 is 1. The number of aromatic amines is 1. The van der Waals surface area contributed by atoms with Crippen LogP contribution in [0.1, 0.15) is 23.0 Å². The zero-order chi connectivity index (χ0) is 18.0. The van der Waals surface area contributed by atoms with Crippen molar-refractivity contribution in [1.29, 1.82) is 0 Å². The monoisotopic (exact) mass is 361 g/mol. The highest BCUT2D eigenvalue weighted by molar-refractivity contribution is 7.99. The normalized spacial score (nSPS) is 16.6. The second kappa shape index (κ2) is 7.49. The molecule has 134 valence electrons. The topological polar surface area (TPSA) is 74.4 Å². The van der Waals surface area contributed by atoms with E-state index in [0.717, 1.165) is 41.1 Å². The standard InChI is InChI=1S/C18H23N3O3S/c1-11-4-5-14-13(10-11)15(16(19-14)18(23)24-3)20-17(22)12(2)21-6-8-25-9-7-21/h4-5,10,12,19H,6-9H2,1-3H3,(H,20,22). The summed E-state index contributed by atoms with van der Waals surface area (Å²) in [6, 6.07) is 5.56. The zero-order valence-corrected chi connectivity index (χ0v) is 15.5. The number of hydrogen-bond acceptors (Lipinski definition) is 5. The van der Waals surface area contributed by atoms with E-state index in [0.29, 0.717) is 5.69 Å². The number of fused-ring (bicyclic) bond motifs is 1. The molecular weight excluding hydrogens is 338 g/mol. The van der Waals surface area contributed by atoms with Crippen molar-refractivity contribution in [3.63, 3.8) is 0 Å². The SMILES string of the molecule is COC(=O)c1[nH]c2ccc(C)cc2c1NC(=O)C(C)N1CCSCC1. The minimum atomic E-state index is -0.494. The molecule has 3 rings (SSSR count). The van der Waals surface area contributed by atoms with Crippen molar-refractivity contribution in [3.8, 4) is 0 Å². The van der Waals surface area contributed by atoms with Crippen molar-refractivity contribution in [2.75, 3.05) is 37.0 Å². The van der Waals surface area contributed by atoms with E-state index >= 15 is 0 Å².